The van der Waals surface area contributed by atoms with E-state index in [1.807, 2.05) is 0 Å². The Bertz CT molecular complexity index is 1040. The van der Waals surface area contributed by atoms with E-state index >= 15 is 0 Å². The second kappa shape index (κ2) is 7.47. The zero-order valence-electron chi connectivity index (χ0n) is 13.3. The van der Waals surface area contributed by atoms with Crippen LogP contribution in [-0.4, -0.2) is 26.2 Å². The molecule has 1 saturated heterocycles. The quantitative estimate of drug-likeness (QED) is 0.339. The molecule has 0 unspecified atom stereocenters. The summed E-state index contributed by atoms with van der Waals surface area (Å²) in [4.78, 5) is 35.7. The molecule has 1 heterocycles. The molecule has 1 amide bonds. The minimum absolute atomic E-state index is 0.00446. The van der Waals surface area contributed by atoms with Crippen LogP contribution in [0, 0.1) is 10.1 Å². The molecule has 1 aliphatic heterocycles. The number of carboxylic acids is 1. The molecule has 0 aliphatic carbocycles. The number of nitro benzene ring substituents is 1. The molecule has 0 aromatic heterocycles. The maximum atomic E-state index is 12.7. The van der Waals surface area contributed by atoms with Crippen LogP contribution in [-0.2, 0) is 4.79 Å². The van der Waals surface area contributed by atoms with E-state index in [0.29, 0.717) is 11.3 Å². The topological polar surface area (TPSA) is 101 Å². The number of amides is 1. The molecule has 2 aromatic carbocycles. The van der Waals surface area contributed by atoms with Crippen LogP contribution in [0.25, 0.3) is 6.08 Å². The first kappa shape index (κ1) is 19.0. The lowest BCUT2D eigenvalue weighted by Crippen LogP contribution is -2.27. The number of nitro groups is 1. The van der Waals surface area contributed by atoms with Crippen molar-refractivity contribution in [2.24, 2.45) is 0 Å². The van der Waals surface area contributed by atoms with Crippen LogP contribution in [0.3, 0.4) is 0 Å². The molecule has 2 aromatic rings. The van der Waals surface area contributed by atoms with E-state index in [9.17, 15) is 19.7 Å². The van der Waals surface area contributed by atoms with E-state index in [0.717, 1.165) is 11.8 Å². The summed E-state index contributed by atoms with van der Waals surface area (Å²) in [6, 6.07) is 10.0. The molecule has 136 valence electrons. The maximum absolute atomic E-state index is 12.7. The number of anilines is 1. The number of nitrogens with zero attached hydrogens (tertiary/aromatic N) is 2. The van der Waals surface area contributed by atoms with E-state index in [1.165, 1.54) is 41.3 Å². The number of hydrogen-bond donors (Lipinski definition) is 1. The molecule has 0 spiro atoms. The number of carbonyl (C=O) groups excluding carboxylic acids is 1. The van der Waals surface area contributed by atoms with E-state index in [1.54, 1.807) is 12.1 Å². The molecule has 0 saturated carbocycles. The number of carbonyl (C=O) groups is 2. The third-order valence-corrected chi connectivity index (χ3v) is 5.23. The van der Waals surface area contributed by atoms with Crippen molar-refractivity contribution in [2.45, 2.75) is 0 Å². The summed E-state index contributed by atoms with van der Waals surface area (Å²) in [5, 5.41) is 20.1. The Morgan fingerprint density at radius 2 is 2.04 bits per heavy atom. The number of carboxylic acid groups (broad SMARTS) is 1. The fourth-order valence-electron chi connectivity index (χ4n) is 2.38. The Labute approximate surface area is 167 Å². The number of rotatable bonds is 4. The van der Waals surface area contributed by atoms with Crippen LogP contribution in [0.5, 0.6) is 0 Å². The monoisotopic (exact) mass is 420 g/mol. The van der Waals surface area contributed by atoms with Gasteiger partial charge >= 0.3 is 5.97 Å². The second-order valence-corrected chi connectivity index (χ2v) is 7.42. The van der Waals surface area contributed by atoms with Crippen molar-refractivity contribution < 1.29 is 19.6 Å². The standard InChI is InChI=1S/C17H9ClN2O5S2/c18-12-5-4-9(6-13(12)20(24)25)7-14-15(21)19(17(26)27-14)11-3-1-2-10(8-11)16(22)23/h1-8H,(H,22,23)/b14-7-. The predicted octanol–water partition coefficient (Wildman–Crippen LogP) is 4.35. The molecular formula is C17H9ClN2O5S2. The van der Waals surface area contributed by atoms with Gasteiger partial charge in [-0.05, 0) is 35.9 Å². The van der Waals surface area contributed by atoms with Crippen LogP contribution in [0.2, 0.25) is 5.02 Å². The predicted molar refractivity (Wildman–Crippen MR) is 107 cm³/mol. The van der Waals surface area contributed by atoms with Crippen molar-refractivity contribution in [3.05, 3.63) is 73.6 Å². The molecular weight excluding hydrogens is 412 g/mol. The molecule has 27 heavy (non-hydrogen) atoms. The van der Waals surface area contributed by atoms with Gasteiger partial charge in [0.25, 0.3) is 11.6 Å². The van der Waals surface area contributed by atoms with Crippen molar-refractivity contribution in [3.8, 4) is 0 Å². The van der Waals surface area contributed by atoms with Crippen LogP contribution in [0.1, 0.15) is 15.9 Å². The summed E-state index contributed by atoms with van der Waals surface area (Å²) >= 11 is 12.1. The van der Waals surface area contributed by atoms with Crippen LogP contribution in [0.4, 0.5) is 11.4 Å². The zero-order chi connectivity index (χ0) is 19.7. The molecule has 0 radical (unpaired) electrons. The van der Waals surface area contributed by atoms with Gasteiger partial charge in [-0.25, -0.2) is 4.79 Å². The lowest BCUT2D eigenvalue weighted by molar-refractivity contribution is -0.384. The summed E-state index contributed by atoms with van der Waals surface area (Å²) in [6.07, 6.45) is 1.48. The molecule has 1 aliphatic rings. The molecule has 1 fully saturated rings. The van der Waals surface area contributed by atoms with E-state index < -0.39 is 16.8 Å². The Hall–Kier alpha value is -2.75. The normalized spacial score (nSPS) is 15.4. The van der Waals surface area contributed by atoms with Gasteiger partial charge in [-0.2, -0.15) is 0 Å². The van der Waals surface area contributed by atoms with Gasteiger partial charge < -0.3 is 5.11 Å². The van der Waals surface area contributed by atoms with E-state index in [-0.39, 0.29) is 25.5 Å². The number of hydrogen-bond acceptors (Lipinski definition) is 6. The first-order valence-electron chi connectivity index (χ1n) is 7.33. The lowest BCUT2D eigenvalue weighted by atomic mass is 10.1. The third-order valence-electron chi connectivity index (χ3n) is 3.61. The first-order chi connectivity index (χ1) is 12.8. The van der Waals surface area contributed by atoms with Gasteiger partial charge in [0.05, 0.1) is 21.1 Å². The van der Waals surface area contributed by atoms with Gasteiger partial charge in [0, 0.05) is 6.07 Å². The highest BCUT2D eigenvalue weighted by Gasteiger charge is 2.33. The highest BCUT2D eigenvalue weighted by molar-refractivity contribution is 8.27. The number of aromatic carboxylic acids is 1. The minimum atomic E-state index is -1.12. The number of thioether (sulfide) groups is 1. The van der Waals surface area contributed by atoms with Crippen molar-refractivity contribution in [1.82, 2.24) is 0 Å². The van der Waals surface area contributed by atoms with Gasteiger partial charge in [0.1, 0.15) is 5.02 Å². The summed E-state index contributed by atoms with van der Waals surface area (Å²) in [5.41, 5.74) is 0.516. The maximum Gasteiger partial charge on any atom is 0.335 e. The summed E-state index contributed by atoms with van der Waals surface area (Å²) in [7, 11) is 0. The van der Waals surface area contributed by atoms with Crippen molar-refractivity contribution in [3.63, 3.8) is 0 Å². The highest BCUT2D eigenvalue weighted by Crippen LogP contribution is 2.37. The molecule has 0 bridgehead atoms. The number of halogens is 1. The van der Waals surface area contributed by atoms with E-state index in [4.69, 9.17) is 28.9 Å². The van der Waals surface area contributed by atoms with Crippen molar-refractivity contribution >= 4 is 69.2 Å². The van der Waals surface area contributed by atoms with Gasteiger partial charge in [-0.1, -0.05) is 47.7 Å². The highest BCUT2D eigenvalue weighted by atomic mass is 35.5. The smallest absolute Gasteiger partial charge is 0.335 e. The van der Waals surface area contributed by atoms with Crippen LogP contribution < -0.4 is 4.90 Å². The van der Waals surface area contributed by atoms with Crippen LogP contribution >= 0.6 is 35.6 Å². The molecule has 7 nitrogen and oxygen atoms in total. The van der Waals surface area contributed by atoms with E-state index in [2.05, 4.69) is 0 Å². The Kier molecular flexibility index (Phi) is 5.26. The third kappa shape index (κ3) is 3.85. The zero-order valence-corrected chi connectivity index (χ0v) is 15.7. The number of benzene rings is 2. The lowest BCUT2D eigenvalue weighted by Gasteiger charge is -2.14. The molecule has 1 N–H and O–H groups in total. The SMILES string of the molecule is O=C(O)c1cccc(N2C(=O)/C(=C/c3ccc(Cl)c([N+](=O)[O-])c3)SC2=S)c1. The van der Waals surface area contributed by atoms with Gasteiger partial charge in [-0.3, -0.25) is 19.8 Å². The Balaban J connectivity index is 1.96. The van der Waals surface area contributed by atoms with Crippen LogP contribution in [0.15, 0.2) is 47.4 Å². The Morgan fingerprint density at radius 1 is 1.30 bits per heavy atom. The van der Waals surface area contributed by atoms with Crippen molar-refractivity contribution in [1.29, 1.82) is 0 Å². The molecule has 10 heteroatoms. The molecule has 3 rings (SSSR count). The number of thiocarbonyl (C=S) groups is 1. The second-order valence-electron chi connectivity index (χ2n) is 5.34. The Morgan fingerprint density at radius 3 is 2.70 bits per heavy atom. The largest absolute Gasteiger partial charge is 0.478 e. The summed E-state index contributed by atoms with van der Waals surface area (Å²) in [6.45, 7) is 0. The van der Waals surface area contributed by atoms with Gasteiger partial charge in [0.15, 0.2) is 4.32 Å². The molecule has 0 atom stereocenters. The fraction of sp³-hybridized carbons (Fsp3) is 0. The average Bonchev–Trinajstić information content (AvgIpc) is 2.90. The first-order valence-corrected chi connectivity index (χ1v) is 8.93. The average molecular weight is 421 g/mol. The fourth-order valence-corrected chi connectivity index (χ4v) is 3.86. The summed E-state index contributed by atoms with van der Waals surface area (Å²) < 4.78 is 0.234. The van der Waals surface area contributed by atoms with Gasteiger partial charge in [0.2, 0.25) is 0 Å². The van der Waals surface area contributed by atoms with Crippen molar-refractivity contribution in [2.75, 3.05) is 4.90 Å². The van der Waals surface area contributed by atoms with Gasteiger partial charge in [-0.15, -0.1) is 0 Å². The minimum Gasteiger partial charge on any atom is -0.478 e. The summed E-state index contributed by atoms with van der Waals surface area (Å²) in [5.74, 6) is -1.56.